The van der Waals surface area contributed by atoms with Crippen molar-refractivity contribution in [2.75, 3.05) is 0 Å². The topological polar surface area (TPSA) is 0 Å². The first kappa shape index (κ1) is 14.7. The third kappa shape index (κ3) is 4.47. The summed E-state index contributed by atoms with van der Waals surface area (Å²) in [6, 6.07) is 9.03. The van der Waals surface area contributed by atoms with Gasteiger partial charge in [-0.15, -0.1) is 26.3 Å². The summed E-state index contributed by atoms with van der Waals surface area (Å²) in [6.07, 6.45) is 8.05. The molecule has 0 radical (unpaired) electrons. The highest BCUT2D eigenvalue weighted by Gasteiger charge is 2.05. The average Bonchev–Trinajstić information content (AvgIpc) is 2.42. The third-order valence-corrected chi connectivity index (χ3v) is 7.24. The molecule has 0 aliphatic carbocycles. The van der Waals surface area contributed by atoms with Crippen LogP contribution < -0.4 is 10.4 Å². The summed E-state index contributed by atoms with van der Waals surface area (Å²) in [5.74, 6) is 0. The number of hydrogen-bond donors (Lipinski definition) is 0. The van der Waals surface area contributed by atoms with Crippen LogP contribution in [0.25, 0.3) is 0 Å². The van der Waals surface area contributed by atoms with Crippen LogP contribution in [0.1, 0.15) is 0 Å². The van der Waals surface area contributed by atoms with E-state index in [0.29, 0.717) is 11.1 Å². The van der Waals surface area contributed by atoms with Crippen LogP contribution in [0.15, 0.2) is 74.9 Å². The minimum absolute atomic E-state index is 0.331. The van der Waals surface area contributed by atoms with Crippen molar-refractivity contribution in [1.82, 2.24) is 0 Å². The van der Waals surface area contributed by atoms with Crippen LogP contribution in [0.5, 0.6) is 0 Å². The van der Waals surface area contributed by atoms with Crippen molar-refractivity contribution >= 4 is 29.4 Å². The van der Waals surface area contributed by atoms with Gasteiger partial charge >= 0.3 is 0 Å². The SMILES string of the molecule is C=CC(C=C)[SiH2]c1cccc([SiH2]C(C=C)C=C)c1. The molecule has 0 amide bonds. The van der Waals surface area contributed by atoms with Crippen molar-refractivity contribution in [1.29, 1.82) is 0 Å². The Kier molecular flexibility index (Phi) is 6.40. The standard InChI is InChI=1S/C16H22Si2/c1-5-13(6-2)17-15-10-9-11-16(12-15)18-14(7-3)8-4/h5-14H,1-4,17-18H2. The molecule has 0 aromatic heterocycles. The largest absolute Gasteiger partial charge is 0.103 e. The Morgan fingerprint density at radius 3 is 1.50 bits per heavy atom. The van der Waals surface area contributed by atoms with E-state index in [0.717, 1.165) is 0 Å². The van der Waals surface area contributed by atoms with Crippen LogP contribution in [0.2, 0.25) is 11.1 Å². The van der Waals surface area contributed by atoms with Gasteiger partial charge in [0, 0.05) is 0 Å². The summed E-state index contributed by atoms with van der Waals surface area (Å²) >= 11 is 0. The van der Waals surface area contributed by atoms with E-state index in [1.54, 1.807) is 0 Å². The highest BCUT2D eigenvalue weighted by molar-refractivity contribution is 6.60. The van der Waals surface area contributed by atoms with Crippen LogP contribution in [0, 0.1) is 0 Å². The highest BCUT2D eigenvalue weighted by atomic mass is 28.2. The fourth-order valence-corrected chi connectivity index (χ4v) is 5.30. The molecule has 0 bridgehead atoms. The first-order valence-electron chi connectivity index (χ1n) is 6.31. The third-order valence-electron chi connectivity index (χ3n) is 3.15. The molecule has 0 nitrogen and oxygen atoms in total. The van der Waals surface area contributed by atoms with Crippen molar-refractivity contribution in [3.63, 3.8) is 0 Å². The van der Waals surface area contributed by atoms with Gasteiger partial charge in [0.2, 0.25) is 0 Å². The summed E-state index contributed by atoms with van der Waals surface area (Å²) in [5, 5.41) is 2.99. The van der Waals surface area contributed by atoms with Crippen molar-refractivity contribution < 1.29 is 0 Å². The maximum atomic E-state index is 3.87. The molecule has 0 unspecified atom stereocenters. The van der Waals surface area contributed by atoms with Crippen molar-refractivity contribution in [3.8, 4) is 0 Å². The number of benzene rings is 1. The van der Waals surface area contributed by atoms with Gasteiger partial charge in [-0.3, -0.25) is 0 Å². The van der Waals surface area contributed by atoms with Crippen LogP contribution >= 0.6 is 0 Å². The molecule has 0 aliphatic heterocycles. The summed E-state index contributed by atoms with van der Waals surface area (Å²) in [4.78, 5) is 0. The van der Waals surface area contributed by atoms with Gasteiger partial charge < -0.3 is 0 Å². The summed E-state index contributed by atoms with van der Waals surface area (Å²) in [5.41, 5.74) is 0.994. The molecular formula is C16H22Si2. The Balaban J connectivity index is 2.78. The maximum absolute atomic E-state index is 3.87. The fraction of sp³-hybridized carbons (Fsp3) is 0.125. The quantitative estimate of drug-likeness (QED) is 0.497. The molecule has 0 spiro atoms. The summed E-state index contributed by atoms with van der Waals surface area (Å²) < 4.78 is 0. The Hall–Kier alpha value is -1.39. The molecule has 0 atom stereocenters. The molecule has 0 N–H and O–H groups in total. The van der Waals surface area contributed by atoms with Crippen molar-refractivity contribution in [3.05, 3.63) is 74.9 Å². The molecule has 1 rings (SSSR count). The van der Waals surface area contributed by atoms with E-state index in [2.05, 4.69) is 50.6 Å². The van der Waals surface area contributed by atoms with Gasteiger partial charge in [-0.25, -0.2) is 0 Å². The van der Waals surface area contributed by atoms with Gasteiger partial charge in [-0.05, 0) is 11.1 Å². The Labute approximate surface area is 115 Å². The molecule has 2 heteroatoms. The lowest BCUT2D eigenvalue weighted by atomic mass is 10.4. The molecule has 1 aromatic carbocycles. The van der Waals surface area contributed by atoms with Crippen LogP contribution in [0.3, 0.4) is 0 Å². The predicted octanol–water partition coefficient (Wildman–Crippen LogP) is 1.60. The second-order valence-electron chi connectivity index (χ2n) is 4.50. The zero-order chi connectivity index (χ0) is 13.4. The second-order valence-corrected chi connectivity index (χ2v) is 8.83. The number of rotatable bonds is 8. The van der Waals surface area contributed by atoms with E-state index >= 15 is 0 Å². The van der Waals surface area contributed by atoms with E-state index in [-0.39, 0.29) is 19.0 Å². The molecule has 0 fully saturated rings. The Morgan fingerprint density at radius 1 is 0.778 bits per heavy atom. The molecule has 18 heavy (non-hydrogen) atoms. The normalized spacial score (nSPS) is 11.7. The van der Waals surface area contributed by atoms with Gasteiger partial charge in [0.15, 0.2) is 0 Å². The Bertz CT molecular complexity index is 381. The minimum atomic E-state index is -0.331. The molecule has 1 aromatic rings. The molecule has 0 heterocycles. The Morgan fingerprint density at radius 2 is 1.17 bits per heavy atom. The van der Waals surface area contributed by atoms with Gasteiger partial charge in [0.1, 0.15) is 0 Å². The fourth-order valence-electron chi connectivity index (χ4n) is 1.95. The van der Waals surface area contributed by atoms with Crippen LogP contribution in [-0.4, -0.2) is 19.0 Å². The van der Waals surface area contributed by atoms with Gasteiger partial charge in [-0.1, -0.05) is 58.9 Å². The second kappa shape index (κ2) is 7.85. The van der Waals surface area contributed by atoms with E-state index in [9.17, 15) is 0 Å². The molecular weight excluding hydrogens is 248 g/mol. The van der Waals surface area contributed by atoms with Gasteiger partial charge in [0.05, 0.1) is 19.0 Å². The first-order valence-corrected chi connectivity index (χ1v) is 9.36. The lowest BCUT2D eigenvalue weighted by molar-refractivity contribution is 1.37. The summed E-state index contributed by atoms with van der Waals surface area (Å²) in [7, 11) is -0.662. The molecule has 0 saturated carbocycles. The smallest absolute Gasteiger partial charge is 0.0663 e. The lowest BCUT2D eigenvalue weighted by Crippen LogP contribution is -2.26. The van der Waals surface area contributed by atoms with Gasteiger partial charge in [0.25, 0.3) is 0 Å². The van der Waals surface area contributed by atoms with E-state index in [4.69, 9.17) is 0 Å². The van der Waals surface area contributed by atoms with Crippen molar-refractivity contribution in [2.24, 2.45) is 0 Å². The molecule has 0 aliphatic rings. The predicted molar refractivity (Wildman–Crippen MR) is 91.1 cm³/mol. The molecule has 0 saturated heterocycles. The van der Waals surface area contributed by atoms with Crippen LogP contribution in [0.4, 0.5) is 0 Å². The number of allylic oxidation sites excluding steroid dienone is 4. The van der Waals surface area contributed by atoms with E-state index in [1.165, 1.54) is 10.4 Å². The summed E-state index contributed by atoms with van der Waals surface area (Å²) in [6.45, 7) is 15.5. The van der Waals surface area contributed by atoms with Crippen molar-refractivity contribution in [2.45, 2.75) is 11.1 Å². The number of hydrogen-bond acceptors (Lipinski definition) is 0. The van der Waals surface area contributed by atoms with E-state index < -0.39 is 0 Å². The molecule has 94 valence electrons. The van der Waals surface area contributed by atoms with Crippen LogP contribution in [-0.2, 0) is 0 Å². The lowest BCUT2D eigenvalue weighted by Gasteiger charge is -2.10. The minimum Gasteiger partial charge on any atom is -0.103 e. The zero-order valence-electron chi connectivity index (χ0n) is 11.0. The monoisotopic (exact) mass is 270 g/mol. The highest BCUT2D eigenvalue weighted by Crippen LogP contribution is 2.06. The van der Waals surface area contributed by atoms with Gasteiger partial charge in [-0.2, -0.15) is 0 Å². The average molecular weight is 271 g/mol. The maximum Gasteiger partial charge on any atom is 0.0663 e. The zero-order valence-corrected chi connectivity index (χ0v) is 13.8. The first-order chi connectivity index (χ1) is 8.73. The van der Waals surface area contributed by atoms with E-state index in [1.807, 2.05) is 24.3 Å².